The molecule has 0 aromatic heterocycles. The lowest BCUT2D eigenvalue weighted by Crippen LogP contribution is -2.25. The van der Waals surface area contributed by atoms with Crippen molar-refractivity contribution in [1.82, 2.24) is 0 Å². The Bertz CT molecular complexity index is 486. The molecular formula is C16H24BrFN2O. The van der Waals surface area contributed by atoms with E-state index in [9.17, 15) is 9.18 Å². The van der Waals surface area contributed by atoms with E-state index in [0.29, 0.717) is 29.0 Å². The van der Waals surface area contributed by atoms with Crippen LogP contribution in [0.5, 0.6) is 0 Å². The molecule has 0 radical (unpaired) electrons. The van der Waals surface area contributed by atoms with Crippen LogP contribution in [0, 0.1) is 17.2 Å². The normalized spacial score (nSPS) is 13.0. The van der Waals surface area contributed by atoms with Gasteiger partial charge in [0.1, 0.15) is 5.82 Å². The predicted octanol–water partition coefficient (Wildman–Crippen LogP) is 4.32. The lowest BCUT2D eigenvalue weighted by atomic mass is 9.76. The van der Waals surface area contributed by atoms with Crippen LogP contribution in [0.2, 0.25) is 0 Å². The maximum Gasteiger partial charge on any atom is 0.224 e. The van der Waals surface area contributed by atoms with E-state index in [1.165, 1.54) is 12.1 Å². The summed E-state index contributed by atoms with van der Waals surface area (Å²) in [6, 6.07) is 4.22. The van der Waals surface area contributed by atoms with Gasteiger partial charge < -0.3 is 11.1 Å². The second-order valence-corrected chi connectivity index (χ2v) is 7.21. The van der Waals surface area contributed by atoms with Crippen LogP contribution in [-0.4, -0.2) is 12.5 Å². The molecule has 0 spiro atoms. The molecule has 1 amide bonds. The molecule has 0 heterocycles. The van der Waals surface area contributed by atoms with Gasteiger partial charge in [0.15, 0.2) is 0 Å². The Hall–Kier alpha value is -0.940. The fourth-order valence-corrected chi connectivity index (χ4v) is 2.77. The van der Waals surface area contributed by atoms with Gasteiger partial charge in [-0.05, 0) is 64.8 Å². The molecule has 0 saturated heterocycles. The standard InChI is InChI=1S/C16H24BrFN2O/c1-16(2,3)11(8-9-19)4-7-15(21)20-14-6-5-12(18)10-13(14)17/h5-6,10-11H,4,7-9,19H2,1-3H3,(H,20,21). The number of halogens is 2. The lowest BCUT2D eigenvalue weighted by molar-refractivity contribution is -0.116. The molecule has 118 valence electrons. The summed E-state index contributed by atoms with van der Waals surface area (Å²) >= 11 is 3.24. The molecule has 5 heteroatoms. The zero-order valence-corrected chi connectivity index (χ0v) is 14.5. The Morgan fingerprint density at radius 2 is 2.05 bits per heavy atom. The number of benzene rings is 1. The Morgan fingerprint density at radius 3 is 2.57 bits per heavy atom. The number of nitrogens with two attached hydrogens (primary N) is 1. The molecule has 0 aliphatic rings. The summed E-state index contributed by atoms with van der Waals surface area (Å²) in [5.74, 6) is 0.00843. The molecule has 1 aromatic carbocycles. The number of anilines is 1. The quantitative estimate of drug-likeness (QED) is 0.795. The van der Waals surface area contributed by atoms with Gasteiger partial charge in [0.25, 0.3) is 0 Å². The molecule has 0 aliphatic heterocycles. The largest absolute Gasteiger partial charge is 0.330 e. The molecule has 0 aliphatic carbocycles. The van der Waals surface area contributed by atoms with Crippen LogP contribution in [0.4, 0.5) is 10.1 Å². The van der Waals surface area contributed by atoms with E-state index in [0.717, 1.165) is 12.8 Å². The van der Waals surface area contributed by atoms with Crippen molar-refractivity contribution in [1.29, 1.82) is 0 Å². The smallest absolute Gasteiger partial charge is 0.224 e. The number of nitrogens with one attached hydrogen (secondary N) is 1. The fourth-order valence-electron chi connectivity index (χ4n) is 2.32. The first-order valence-corrected chi connectivity index (χ1v) is 7.98. The van der Waals surface area contributed by atoms with Crippen LogP contribution in [0.15, 0.2) is 22.7 Å². The van der Waals surface area contributed by atoms with Gasteiger partial charge in [-0.2, -0.15) is 0 Å². The highest BCUT2D eigenvalue weighted by molar-refractivity contribution is 9.10. The van der Waals surface area contributed by atoms with E-state index < -0.39 is 0 Å². The minimum absolute atomic E-state index is 0.0615. The molecule has 1 aromatic rings. The maximum absolute atomic E-state index is 13.0. The molecule has 0 saturated carbocycles. The van der Waals surface area contributed by atoms with E-state index in [4.69, 9.17) is 5.73 Å². The van der Waals surface area contributed by atoms with Crippen LogP contribution in [0.3, 0.4) is 0 Å². The van der Waals surface area contributed by atoms with Crippen LogP contribution in [-0.2, 0) is 4.79 Å². The number of carbonyl (C=O) groups is 1. The van der Waals surface area contributed by atoms with E-state index in [1.807, 2.05) is 0 Å². The van der Waals surface area contributed by atoms with Gasteiger partial charge >= 0.3 is 0 Å². The first-order valence-electron chi connectivity index (χ1n) is 7.19. The van der Waals surface area contributed by atoms with Crippen molar-refractivity contribution in [2.75, 3.05) is 11.9 Å². The summed E-state index contributed by atoms with van der Waals surface area (Å²) in [4.78, 5) is 12.0. The summed E-state index contributed by atoms with van der Waals surface area (Å²) < 4.78 is 13.5. The van der Waals surface area contributed by atoms with Crippen LogP contribution >= 0.6 is 15.9 Å². The van der Waals surface area contributed by atoms with Crippen molar-refractivity contribution in [3.63, 3.8) is 0 Å². The monoisotopic (exact) mass is 358 g/mol. The fraction of sp³-hybridized carbons (Fsp3) is 0.562. The van der Waals surface area contributed by atoms with Crippen molar-refractivity contribution in [2.24, 2.45) is 17.1 Å². The highest BCUT2D eigenvalue weighted by Crippen LogP contribution is 2.32. The van der Waals surface area contributed by atoms with Crippen molar-refractivity contribution >= 4 is 27.5 Å². The third-order valence-corrected chi connectivity index (χ3v) is 4.32. The first kappa shape index (κ1) is 18.1. The molecule has 1 rings (SSSR count). The second-order valence-electron chi connectivity index (χ2n) is 6.35. The van der Waals surface area contributed by atoms with Crippen molar-refractivity contribution in [3.05, 3.63) is 28.5 Å². The Morgan fingerprint density at radius 1 is 1.38 bits per heavy atom. The molecule has 0 fully saturated rings. The van der Waals surface area contributed by atoms with Crippen molar-refractivity contribution in [3.8, 4) is 0 Å². The van der Waals surface area contributed by atoms with E-state index in [2.05, 4.69) is 42.0 Å². The zero-order valence-electron chi connectivity index (χ0n) is 12.9. The number of carbonyl (C=O) groups excluding carboxylic acids is 1. The van der Waals surface area contributed by atoms with Gasteiger partial charge in [-0.25, -0.2) is 4.39 Å². The maximum atomic E-state index is 13.0. The molecule has 0 bridgehead atoms. The summed E-state index contributed by atoms with van der Waals surface area (Å²) in [5, 5.41) is 2.80. The summed E-state index contributed by atoms with van der Waals surface area (Å²) in [6.45, 7) is 7.14. The Balaban J connectivity index is 2.57. The molecule has 21 heavy (non-hydrogen) atoms. The first-order chi connectivity index (χ1) is 9.74. The van der Waals surface area contributed by atoms with Crippen LogP contribution in [0.25, 0.3) is 0 Å². The summed E-state index contributed by atoms with van der Waals surface area (Å²) in [5.41, 5.74) is 6.37. The van der Waals surface area contributed by atoms with Gasteiger partial charge in [-0.15, -0.1) is 0 Å². The van der Waals surface area contributed by atoms with Gasteiger partial charge in [0, 0.05) is 10.9 Å². The van der Waals surface area contributed by atoms with Gasteiger partial charge in [-0.3, -0.25) is 4.79 Å². The minimum atomic E-state index is -0.337. The molecular weight excluding hydrogens is 335 g/mol. The number of hydrogen-bond donors (Lipinski definition) is 2. The Kier molecular flexibility index (Phi) is 6.81. The van der Waals surface area contributed by atoms with Crippen LogP contribution < -0.4 is 11.1 Å². The third kappa shape index (κ3) is 6.14. The molecule has 1 atom stereocenters. The number of rotatable bonds is 6. The average Bonchev–Trinajstić information content (AvgIpc) is 2.36. The second kappa shape index (κ2) is 7.90. The SMILES string of the molecule is CC(C)(C)C(CCN)CCC(=O)Nc1ccc(F)cc1Br. The molecule has 1 unspecified atom stereocenters. The lowest BCUT2D eigenvalue weighted by Gasteiger charge is -2.30. The topological polar surface area (TPSA) is 55.1 Å². The van der Waals surface area contributed by atoms with E-state index >= 15 is 0 Å². The van der Waals surface area contributed by atoms with Gasteiger partial charge in [0.2, 0.25) is 5.91 Å². The van der Waals surface area contributed by atoms with E-state index in [-0.39, 0.29) is 17.1 Å². The summed E-state index contributed by atoms with van der Waals surface area (Å²) in [6.07, 6.45) is 2.15. The van der Waals surface area contributed by atoms with Gasteiger partial charge in [0.05, 0.1) is 5.69 Å². The van der Waals surface area contributed by atoms with E-state index in [1.54, 1.807) is 6.07 Å². The molecule has 3 nitrogen and oxygen atoms in total. The van der Waals surface area contributed by atoms with Crippen molar-refractivity contribution in [2.45, 2.75) is 40.0 Å². The minimum Gasteiger partial charge on any atom is -0.330 e. The Labute approximate surface area is 134 Å². The number of amides is 1. The predicted molar refractivity (Wildman–Crippen MR) is 88.6 cm³/mol. The van der Waals surface area contributed by atoms with Crippen molar-refractivity contribution < 1.29 is 9.18 Å². The molecule has 3 N–H and O–H groups in total. The highest BCUT2D eigenvalue weighted by Gasteiger charge is 2.24. The summed E-state index contributed by atoms with van der Waals surface area (Å²) in [7, 11) is 0. The van der Waals surface area contributed by atoms with Crippen LogP contribution in [0.1, 0.15) is 40.0 Å². The zero-order chi connectivity index (χ0) is 16.0. The average molecular weight is 359 g/mol. The highest BCUT2D eigenvalue weighted by atomic mass is 79.9. The van der Waals surface area contributed by atoms with Gasteiger partial charge in [-0.1, -0.05) is 20.8 Å². The number of hydrogen-bond acceptors (Lipinski definition) is 2. The third-order valence-electron chi connectivity index (χ3n) is 3.66.